The van der Waals surface area contributed by atoms with Crippen molar-refractivity contribution in [2.75, 3.05) is 24.3 Å². The number of anilines is 2. The van der Waals surface area contributed by atoms with Crippen LogP contribution in [0.2, 0.25) is 5.02 Å². The van der Waals surface area contributed by atoms with Gasteiger partial charge in [-0.3, -0.25) is 4.79 Å². The summed E-state index contributed by atoms with van der Waals surface area (Å²) in [4.78, 5) is 19.3. The van der Waals surface area contributed by atoms with Crippen molar-refractivity contribution in [1.29, 1.82) is 0 Å². The zero-order valence-electron chi connectivity index (χ0n) is 12.5. The molecule has 7 heteroatoms. The zero-order valence-corrected chi connectivity index (χ0v) is 14.1. The van der Waals surface area contributed by atoms with Crippen LogP contribution in [0.3, 0.4) is 0 Å². The fourth-order valence-electron chi connectivity index (χ4n) is 2.24. The number of oxazole rings is 1. The summed E-state index contributed by atoms with van der Waals surface area (Å²) in [6.07, 6.45) is 1.27. The Morgan fingerprint density at radius 1 is 1.30 bits per heavy atom. The highest BCUT2D eigenvalue weighted by atomic mass is 35.5. The number of nitrogens with one attached hydrogen (secondary N) is 1. The number of carbonyl (C=O) groups is 1. The smallest absolute Gasteiger partial charge is 0.278 e. The number of benzene rings is 1. The number of halogens is 1. The molecule has 0 aliphatic heterocycles. The lowest BCUT2D eigenvalue weighted by molar-refractivity contribution is 0.102. The molecule has 0 radical (unpaired) electrons. The number of hydrogen-bond donors (Lipinski definition) is 1. The van der Waals surface area contributed by atoms with E-state index in [1.807, 2.05) is 36.5 Å². The summed E-state index contributed by atoms with van der Waals surface area (Å²) in [5.41, 5.74) is 1.61. The van der Waals surface area contributed by atoms with Crippen LogP contribution in [0.4, 0.5) is 11.4 Å². The summed E-state index contributed by atoms with van der Waals surface area (Å²) in [6, 6.07) is 9.13. The average Bonchev–Trinajstić information content (AvgIpc) is 3.18. The number of rotatable bonds is 4. The van der Waals surface area contributed by atoms with E-state index in [9.17, 15) is 4.79 Å². The third kappa shape index (κ3) is 3.09. The van der Waals surface area contributed by atoms with E-state index < -0.39 is 0 Å². The summed E-state index contributed by atoms with van der Waals surface area (Å²) in [5.74, 6) is 0.124. The van der Waals surface area contributed by atoms with Crippen LogP contribution in [-0.4, -0.2) is 25.0 Å². The third-order valence-corrected chi connectivity index (χ3v) is 4.38. The first-order valence-corrected chi connectivity index (χ1v) is 8.08. The van der Waals surface area contributed by atoms with Crippen LogP contribution in [0.5, 0.6) is 0 Å². The highest BCUT2D eigenvalue weighted by Gasteiger charge is 2.20. The van der Waals surface area contributed by atoms with Gasteiger partial charge in [0, 0.05) is 14.1 Å². The van der Waals surface area contributed by atoms with E-state index in [0.717, 1.165) is 10.6 Å². The molecule has 0 fully saturated rings. The molecular formula is C16H14ClN3O2S. The lowest BCUT2D eigenvalue weighted by Crippen LogP contribution is -2.17. The van der Waals surface area contributed by atoms with Crippen LogP contribution >= 0.6 is 22.9 Å². The van der Waals surface area contributed by atoms with Crippen LogP contribution in [0.1, 0.15) is 10.5 Å². The number of aromatic nitrogens is 1. The Kier molecular flexibility index (Phi) is 4.36. The predicted octanol–water partition coefficient (Wildman–Crippen LogP) is 4.37. The fourth-order valence-corrected chi connectivity index (χ4v) is 3.30. The molecule has 1 N–H and O–H groups in total. The first-order valence-electron chi connectivity index (χ1n) is 6.82. The Labute approximate surface area is 142 Å². The maximum atomic E-state index is 12.6. The minimum absolute atomic E-state index is 0.247. The summed E-state index contributed by atoms with van der Waals surface area (Å²) >= 11 is 7.71. The molecule has 23 heavy (non-hydrogen) atoms. The first kappa shape index (κ1) is 15.6. The molecule has 0 bridgehead atoms. The van der Waals surface area contributed by atoms with Gasteiger partial charge in [-0.1, -0.05) is 23.7 Å². The number of hydrogen-bond acceptors (Lipinski definition) is 5. The molecule has 3 rings (SSSR count). The molecule has 118 valence electrons. The van der Waals surface area contributed by atoms with E-state index >= 15 is 0 Å². The van der Waals surface area contributed by atoms with Crippen molar-refractivity contribution in [3.63, 3.8) is 0 Å². The Morgan fingerprint density at radius 3 is 2.83 bits per heavy atom. The maximum Gasteiger partial charge on any atom is 0.278 e. The normalized spacial score (nSPS) is 10.6. The molecule has 2 aromatic heterocycles. The van der Waals surface area contributed by atoms with Crippen molar-refractivity contribution in [2.45, 2.75) is 0 Å². The van der Waals surface area contributed by atoms with Crippen molar-refractivity contribution < 1.29 is 9.21 Å². The van der Waals surface area contributed by atoms with Gasteiger partial charge >= 0.3 is 0 Å². The summed E-state index contributed by atoms with van der Waals surface area (Å²) in [7, 11) is 3.73. The van der Waals surface area contributed by atoms with E-state index in [1.165, 1.54) is 17.7 Å². The van der Waals surface area contributed by atoms with Crippen LogP contribution < -0.4 is 10.2 Å². The Balaban J connectivity index is 1.93. The lowest BCUT2D eigenvalue weighted by Gasteiger charge is -2.19. The van der Waals surface area contributed by atoms with Gasteiger partial charge in [-0.2, -0.15) is 0 Å². The largest absolute Gasteiger partial charge is 0.442 e. The standard InChI is InChI=1S/C16H14ClN3O2S/c1-20(2)14-10(17)5-3-6-11(14)19-16(21)13-15(22-9-18-13)12-7-4-8-23-12/h3-9H,1-2H3,(H,19,21). The van der Waals surface area contributed by atoms with Gasteiger partial charge in [-0.05, 0) is 23.6 Å². The molecule has 3 aromatic rings. The van der Waals surface area contributed by atoms with Crippen molar-refractivity contribution in [1.82, 2.24) is 4.98 Å². The van der Waals surface area contributed by atoms with Crippen LogP contribution in [0.25, 0.3) is 10.6 Å². The third-order valence-electron chi connectivity index (χ3n) is 3.21. The number of para-hydroxylation sites is 1. The number of amides is 1. The Morgan fingerprint density at radius 2 is 2.13 bits per heavy atom. The van der Waals surface area contributed by atoms with Crippen LogP contribution in [0.15, 0.2) is 46.5 Å². The highest BCUT2D eigenvalue weighted by molar-refractivity contribution is 7.13. The van der Waals surface area contributed by atoms with Gasteiger partial charge in [-0.25, -0.2) is 4.98 Å². The van der Waals surface area contributed by atoms with Gasteiger partial charge in [0.25, 0.3) is 5.91 Å². The molecule has 0 saturated carbocycles. The van der Waals surface area contributed by atoms with Gasteiger partial charge in [0.1, 0.15) is 0 Å². The van der Waals surface area contributed by atoms with Crippen molar-refractivity contribution >= 4 is 40.2 Å². The number of nitrogens with zero attached hydrogens (tertiary/aromatic N) is 2. The minimum atomic E-state index is -0.340. The molecule has 0 atom stereocenters. The van der Waals surface area contributed by atoms with E-state index in [1.54, 1.807) is 18.2 Å². The summed E-state index contributed by atoms with van der Waals surface area (Å²) in [5, 5.41) is 5.33. The first-order chi connectivity index (χ1) is 11.1. The summed E-state index contributed by atoms with van der Waals surface area (Å²) in [6.45, 7) is 0. The second-order valence-corrected chi connectivity index (χ2v) is 6.35. The van der Waals surface area contributed by atoms with Gasteiger partial charge < -0.3 is 14.6 Å². The second kappa shape index (κ2) is 6.44. The zero-order chi connectivity index (χ0) is 16.4. The Hall–Kier alpha value is -2.31. The number of carbonyl (C=O) groups excluding carboxylic acids is 1. The molecule has 1 aromatic carbocycles. The second-order valence-electron chi connectivity index (χ2n) is 4.99. The van der Waals surface area contributed by atoms with Crippen molar-refractivity contribution in [3.05, 3.63) is 52.8 Å². The molecule has 0 aliphatic carbocycles. The Bertz CT molecular complexity index is 828. The van der Waals surface area contributed by atoms with Gasteiger partial charge in [-0.15, -0.1) is 11.3 Å². The molecule has 2 heterocycles. The van der Waals surface area contributed by atoms with E-state index in [0.29, 0.717) is 16.5 Å². The maximum absolute atomic E-state index is 12.6. The molecular weight excluding hydrogens is 334 g/mol. The van der Waals surface area contributed by atoms with E-state index in [2.05, 4.69) is 10.3 Å². The molecule has 0 spiro atoms. The van der Waals surface area contributed by atoms with Crippen molar-refractivity contribution in [2.24, 2.45) is 0 Å². The molecule has 1 amide bonds. The van der Waals surface area contributed by atoms with E-state index in [-0.39, 0.29) is 11.6 Å². The average molecular weight is 348 g/mol. The van der Waals surface area contributed by atoms with Crippen molar-refractivity contribution in [3.8, 4) is 10.6 Å². The number of thiophene rings is 1. The van der Waals surface area contributed by atoms with Crippen LogP contribution in [-0.2, 0) is 0 Å². The van der Waals surface area contributed by atoms with Gasteiger partial charge in [0.15, 0.2) is 17.8 Å². The highest BCUT2D eigenvalue weighted by Crippen LogP contribution is 2.33. The fraction of sp³-hybridized carbons (Fsp3) is 0.125. The quantitative estimate of drug-likeness (QED) is 0.761. The molecule has 0 saturated heterocycles. The topological polar surface area (TPSA) is 58.4 Å². The monoisotopic (exact) mass is 347 g/mol. The molecule has 5 nitrogen and oxygen atoms in total. The lowest BCUT2D eigenvalue weighted by atomic mass is 10.2. The van der Waals surface area contributed by atoms with Crippen LogP contribution in [0, 0.1) is 0 Å². The van der Waals surface area contributed by atoms with Gasteiger partial charge in [0.2, 0.25) is 0 Å². The molecule has 0 aliphatic rings. The molecule has 0 unspecified atom stereocenters. The minimum Gasteiger partial charge on any atom is -0.442 e. The SMILES string of the molecule is CN(C)c1c(Cl)cccc1NC(=O)c1ncoc1-c1cccs1. The predicted molar refractivity (Wildman–Crippen MR) is 93.5 cm³/mol. The van der Waals surface area contributed by atoms with E-state index in [4.69, 9.17) is 16.0 Å². The van der Waals surface area contributed by atoms with Gasteiger partial charge in [0.05, 0.1) is 21.3 Å². The summed E-state index contributed by atoms with van der Waals surface area (Å²) < 4.78 is 5.37.